The number of nitrogens with one attached hydrogen (secondary N) is 1. The number of benzene rings is 1. The average molecular weight is 417 g/mol. The maximum atomic E-state index is 12.4. The minimum atomic E-state index is -0.0509. The van der Waals surface area contributed by atoms with Gasteiger partial charge in [-0.1, -0.05) is 35.3 Å². The molecule has 0 fully saturated rings. The molecule has 1 atom stereocenters. The van der Waals surface area contributed by atoms with Crippen LogP contribution in [-0.2, 0) is 0 Å². The van der Waals surface area contributed by atoms with E-state index in [9.17, 15) is 4.79 Å². The lowest BCUT2D eigenvalue weighted by atomic mass is 10.1. The molecule has 0 saturated carbocycles. The van der Waals surface area contributed by atoms with Crippen molar-refractivity contribution < 1.29 is 4.79 Å². The predicted octanol–water partition coefficient (Wildman–Crippen LogP) is 5.54. The second-order valence-electron chi connectivity index (χ2n) is 4.45. The zero-order valence-electron chi connectivity index (χ0n) is 11.0. The molecule has 1 unspecified atom stereocenters. The van der Waals surface area contributed by atoms with Crippen molar-refractivity contribution in [2.45, 2.75) is 25.8 Å². The number of amides is 1. The van der Waals surface area contributed by atoms with Gasteiger partial charge in [0.15, 0.2) is 0 Å². The van der Waals surface area contributed by atoms with E-state index in [2.05, 4.69) is 50.2 Å². The van der Waals surface area contributed by atoms with E-state index in [0.717, 1.165) is 21.8 Å². The molecule has 1 heterocycles. The number of hydrogen-bond acceptors (Lipinski definition) is 2. The highest BCUT2D eigenvalue weighted by atomic mass is 79.9. The van der Waals surface area contributed by atoms with Gasteiger partial charge in [-0.05, 0) is 52.0 Å². The molecule has 2 aromatic rings. The Morgan fingerprint density at radius 3 is 2.80 bits per heavy atom. The zero-order chi connectivity index (χ0) is 14.5. The largest absolute Gasteiger partial charge is 0.344 e. The fraction of sp³-hybridized carbons (Fsp3) is 0.267. The molecule has 5 heteroatoms. The van der Waals surface area contributed by atoms with Crippen molar-refractivity contribution >= 4 is 49.1 Å². The SMILES string of the molecule is CCCC(NC(=O)c1cc(Br)ccc1Br)c1cccs1. The van der Waals surface area contributed by atoms with Crippen molar-refractivity contribution in [1.29, 1.82) is 0 Å². The van der Waals surface area contributed by atoms with E-state index in [1.165, 1.54) is 4.88 Å². The van der Waals surface area contributed by atoms with Crippen molar-refractivity contribution in [3.63, 3.8) is 0 Å². The lowest BCUT2D eigenvalue weighted by molar-refractivity contribution is 0.0934. The van der Waals surface area contributed by atoms with Crippen molar-refractivity contribution in [3.8, 4) is 0 Å². The number of thiophene rings is 1. The monoisotopic (exact) mass is 415 g/mol. The van der Waals surface area contributed by atoms with Crippen LogP contribution in [0.2, 0.25) is 0 Å². The maximum absolute atomic E-state index is 12.4. The number of carbonyl (C=O) groups excluding carboxylic acids is 1. The van der Waals surface area contributed by atoms with E-state index in [0.29, 0.717) is 5.56 Å². The Labute approximate surface area is 139 Å². The smallest absolute Gasteiger partial charge is 0.252 e. The van der Waals surface area contributed by atoms with Crippen molar-refractivity contribution in [1.82, 2.24) is 5.32 Å². The Kier molecular flexibility index (Phi) is 5.81. The second-order valence-corrected chi connectivity index (χ2v) is 7.20. The van der Waals surface area contributed by atoms with Crippen LogP contribution < -0.4 is 5.32 Å². The lowest BCUT2D eigenvalue weighted by Crippen LogP contribution is -2.28. The third-order valence-corrected chi connectivity index (χ3v) is 5.11. The molecule has 0 aliphatic heterocycles. The molecule has 0 aliphatic rings. The molecule has 1 aromatic carbocycles. The molecule has 0 radical (unpaired) electrons. The zero-order valence-corrected chi connectivity index (χ0v) is 15.0. The molecule has 106 valence electrons. The first kappa shape index (κ1) is 15.7. The van der Waals surface area contributed by atoms with Gasteiger partial charge in [-0.25, -0.2) is 0 Å². The fourth-order valence-corrected chi connectivity index (χ4v) is 3.57. The van der Waals surface area contributed by atoms with Crippen LogP contribution in [0, 0.1) is 0 Å². The molecule has 2 nitrogen and oxygen atoms in total. The van der Waals surface area contributed by atoms with Gasteiger partial charge in [0.1, 0.15) is 0 Å². The van der Waals surface area contributed by atoms with Crippen LogP contribution in [0.3, 0.4) is 0 Å². The van der Waals surface area contributed by atoms with Gasteiger partial charge in [0.25, 0.3) is 5.91 Å². The highest BCUT2D eigenvalue weighted by molar-refractivity contribution is 9.11. The normalized spacial score (nSPS) is 12.2. The molecule has 1 amide bonds. The molecule has 0 spiro atoms. The Balaban J connectivity index is 2.18. The number of carbonyl (C=O) groups is 1. The van der Waals surface area contributed by atoms with E-state index < -0.39 is 0 Å². The molecule has 2 rings (SSSR count). The summed E-state index contributed by atoms with van der Waals surface area (Å²) in [6.07, 6.45) is 1.97. The third kappa shape index (κ3) is 3.93. The first-order valence-corrected chi connectivity index (χ1v) is 8.87. The number of rotatable bonds is 5. The molecular weight excluding hydrogens is 402 g/mol. The van der Waals surface area contributed by atoms with E-state index in [1.54, 1.807) is 11.3 Å². The van der Waals surface area contributed by atoms with Crippen molar-refractivity contribution in [3.05, 3.63) is 55.1 Å². The summed E-state index contributed by atoms with van der Waals surface area (Å²) in [7, 11) is 0. The molecule has 0 saturated heterocycles. The number of halogens is 2. The first-order chi connectivity index (χ1) is 9.61. The van der Waals surface area contributed by atoms with Crippen LogP contribution in [0.5, 0.6) is 0 Å². The minimum absolute atomic E-state index is 0.0509. The van der Waals surface area contributed by atoms with Crippen molar-refractivity contribution in [2.75, 3.05) is 0 Å². The molecule has 1 N–H and O–H groups in total. The first-order valence-electron chi connectivity index (χ1n) is 6.41. The van der Waals surface area contributed by atoms with Crippen LogP contribution in [0.4, 0.5) is 0 Å². The second kappa shape index (κ2) is 7.38. The summed E-state index contributed by atoms with van der Waals surface area (Å²) in [4.78, 5) is 13.6. The molecule has 20 heavy (non-hydrogen) atoms. The van der Waals surface area contributed by atoms with E-state index in [4.69, 9.17) is 0 Å². The van der Waals surface area contributed by atoms with E-state index in [1.807, 2.05) is 29.6 Å². The van der Waals surface area contributed by atoms with Gasteiger partial charge >= 0.3 is 0 Å². The van der Waals surface area contributed by atoms with Crippen LogP contribution in [-0.4, -0.2) is 5.91 Å². The van der Waals surface area contributed by atoms with Gasteiger partial charge in [-0.2, -0.15) is 0 Å². The van der Waals surface area contributed by atoms with Crippen LogP contribution in [0.1, 0.15) is 41.0 Å². The van der Waals surface area contributed by atoms with Crippen molar-refractivity contribution in [2.24, 2.45) is 0 Å². The maximum Gasteiger partial charge on any atom is 0.252 e. The Hall–Kier alpha value is -0.650. The summed E-state index contributed by atoms with van der Waals surface area (Å²) < 4.78 is 1.70. The topological polar surface area (TPSA) is 29.1 Å². The van der Waals surface area contributed by atoms with Gasteiger partial charge in [-0.15, -0.1) is 11.3 Å². The van der Waals surface area contributed by atoms with Crippen LogP contribution >= 0.6 is 43.2 Å². The van der Waals surface area contributed by atoms with Gasteiger partial charge in [0.2, 0.25) is 0 Å². The van der Waals surface area contributed by atoms with Crippen LogP contribution in [0.15, 0.2) is 44.7 Å². The third-order valence-electron chi connectivity index (χ3n) is 2.94. The highest BCUT2D eigenvalue weighted by Crippen LogP contribution is 2.26. The fourth-order valence-electron chi connectivity index (χ4n) is 1.97. The molecule has 1 aromatic heterocycles. The summed E-state index contributed by atoms with van der Waals surface area (Å²) in [5.41, 5.74) is 0.650. The van der Waals surface area contributed by atoms with Crippen LogP contribution in [0.25, 0.3) is 0 Å². The quantitative estimate of drug-likeness (QED) is 0.680. The number of hydrogen-bond donors (Lipinski definition) is 1. The van der Waals surface area contributed by atoms with Gasteiger partial charge in [0.05, 0.1) is 11.6 Å². The molecular formula is C15H15Br2NOS. The Morgan fingerprint density at radius 2 is 2.15 bits per heavy atom. The summed E-state index contributed by atoms with van der Waals surface area (Å²) in [5.74, 6) is -0.0509. The average Bonchev–Trinajstić information content (AvgIpc) is 2.95. The summed E-state index contributed by atoms with van der Waals surface area (Å²) >= 11 is 8.51. The molecule has 0 aliphatic carbocycles. The van der Waals surface area contributed by atoms with E-state index in [-0.39, 0.29) is 11.9 Å². The summed E-state index contributed by atoms with van der Waals surface area (Å²) in [5, 5.41) is 5.17. The summed E-state index contributed by atoms with van der Waals surface area (Å²) in [6, 6.07) is 9.78. The highest BCUT2D eigenvalue weighted by Gasteiger charge is 2.17. The Morgan fingerprint density at radius 1 is 1.35 bits per heavy atom. The Bertz CT molecular complexity index is 584. The summed E-state index contributed by atoms with van der Waals surface area (Å²) in [6.45, 7) is 2.13. The van der Waals surface area contributed by atoms with Gasteiger partial charge in [-0.3, -0.25) is 4.79 Å². The van der Waals surface area contributed by atoms with Gasteiger partial charge in [0, 0.05) is 13.8 Å². The lowest BCUT2D eigenvalue weighted by Gasteiger charge is -2.17. The molecule has 0 bridgehead atoms. The van der Waals surface area contributed by atoms with E-state index >= 15 is 0 Å². The minimum Gasteiger partial charge on any atom is -0.344 e. The predicted molar refractivity (Wildman–Crippen MR) is 91.3 cm³/mol. The standard InChI is InChI=1S/C15H15Br2NOS/c1-2-4-13(14-5-3-8-20-14)18-15(19)11-9-10(16)6-7-12(11)17/h3,5-9,13H,2,4H2,1H3,(H,18,19). The van der Waals surface area contributed by atoms with Gasteiger partial charge < -0.3 is 5.32 Å².